The first-order chi connectivity index (χ1) is 16.2. The van der Waals surface area contributed by atoms with E-state index in [9.17, 15) is 4.57 Å². The Balaban J connectivity index is 1.79. The van der Waals surface area contributed by atoms with Crippen LogP contribution in [0.5, 0.6) is 11.5 Å². The Hall–Kier alpha value is -3.30. The van der Waals surface area contributed by atoms with Crippen molar-refractivity contribution in [2.45, 2.75) is 25.2 Å². The zero-order valence-electron chi connectivity index (χ0n) is 18.6. The number of amidine groups is 1. The van der Waals surface area contributed by atoms with Gasteiger partial charge in [0.05, 0.1) is 0 Å². The Bertz CT molecular complexity index is 1050. The van der Waals surface area contributed by atoms with Gasteiger partial charge in [-0.2, -0.15) is 0 Å². The number of nitrogens with zero attached hydrogens (tertiary/aromatic N) is 2. The van der Waals surface area contributed by atoms with Crippen molar-refractivity contribution in [2.75, 3.05) is 13.1 Å². The summed E-state index contributed by atoms with van der Waals surface area (Å²) in [6.45, 7) is 5.68. The van der Waals surface area contributed by atoms with Crippen LogP contribution in [0.3, 0.4) is 0 Å². The number of hydrogen-bond acceptors (Lipinski definition) is 3. The Kier molecular flexibility index (Phi) is 7.64. The van der Waals surface area contributed by atoms with Crippen LogP contribution >= 0.6 is 7.75 Å². The van der Waals surface area contributed by atoms with E-state index in [-0.39, 0.29) is 5.92 Å². The number of hydrogen-bond donors (Lipinski definition) is 0. The Morgan fingerprint density at radius 2 is 1.36 bits per heavy atom. The highest BCUT2D eigenvalue weighted by atomic mass is 31.2. The topological polar surface area (TPSA) is 51.1 Å². The fourth-order valence-corrected chi connectivity index (χ4v) is 5.37. The minimum absolute atomic E-state index is 0.103. The highest BCUT2D eigenvalue weighted by molar-refractivity contribution is 7.53. The summed E-state index contributed by atoms with van der Waals surface area (Å²) in [5.41, 5.74) is 1.09. The lowest BCUT2D eigenvalue weighted by atomic mass is 9.94. The van der Waals surface area contributed by atoms with Crippen molar-refractivity contribution < 1.29 is 13.6 Å². The van der Waals surface area contributed by atoms with Crippen LogP contribution in [0.2, 0.25) is 0 Å². The molecule has 1 fully saturated rings. The molecule has 4 rings (SSSR count). The quantitative estimate of drug-likeness (QED) is 0.148. The lowest BCUT2D eigenvalue weighted by Gasteiger charge is -2.28. The molecule has 33 heavy (non-hydrogen) atoms. The summed E-state index contributed by atoms with van der Waals surface area (Å²) in [6.07, 6.45) is 4.68. The molecule has 1 aliphatic heterocycles. The molecule has 1 heterocycles. The number of allylic oxidation sites excluding steroid dienone is 1. The normalized spacial score (nSPS) is 15.2. The van der Waals surface area contributed by atoms with Gasteiger partial charge in [-0.15, -0.1) is 11.3 Å². The predicted molar refractivity (Wildman–Crippen MR) is 134 cm³/mol. The molecule has 3 aromatic carbocycles. The number of likely N-dealkylation sites (tertiary alicyclic amines) is 1. The van der Waals surface area contributed by atoms with Crippen molar-refractivity contribution in [3.05, 3.63) is 109 Å². The number of rotatable bonds is 9. The van der Waals surface area contributed by atoms with Gasteiger partial charge in [-0.25, -0.2) is 4.57 Å². The molecular weight excluding hydrogens is 431 g/mol. The van der Waals surface area contributed by atoms with Gasteiger partial charge in [0.25, 0.3) is 0 Å². The first kappa shape index (κ1) is 22.9. The predicted octanol–water partition coefficient (Wildman–Crippen LogP) is 7.11. The van der Waals surface area contributed by atoms with E-state index in [1.807, 2.05) is 60.7 Å². The van der Waals surface area contributed by atoms with Crippen molar-refractivity contribution in [3.63, 3.8) is 0 Å². The minimum Gasteiger partial charge on any atom is -0.399 e. The van der Waals surface area contributed by atoms with Gasteiger partial charge in [0.1, 0.15) is 17.3 Å². The van der Waals surface area contributed by atoms with Crippen LogP contribution in [0.1, 0.15) is 30.7 Å². The average Bonchev–Trinajstić information content (AvgIpc) is 3.38. The van der Waals surface area contributed by atoms with Crippen molar-refractivity contribution in [2.24, 2.45) is 4.76 Å². The van der Waals surface area contributed by atoms with E-state index < -0.39 is 7.75 Å². The molecule has 0 spiro atoms. The molecule has 0 aromatic heterocycles. The molecule has 1 atom stereocenters. The van der Waals surface area contributed by atoms with E-state index in [4.69, 9.17) is 13.8 Å². The largest absolute Gasteiger partial charge is 0.565 e. The molecular formula is C27H29N2O3P. The highest BCUT2D eigenvalue weighted by Crippen LogP contribution is 2.51. The lowest BCUT2D eigenvalue weighted by molar-refractivity contribution is 0.385. The molecule has 0 bridgehead atoms. The summed E-state index contributed by atoms with van der Waals surface area (Å²) in [4.78, 5) is 2.20. The van der Waals surface area contributed by atoms with E-state index in [0.29, 0.717) is 23.8 Å². The smallest absolute Gasteiger partial charge is 0.399 e. The molecule has 170 valence electrons. The molecule has 0 amide bonds. The second kappa shape index (κ2) is 11.0. The fourth-order valence-electron chi connectivity index (χ4n) is 3.96. The SMILES string of the molecule is C=CCC(/C(=N\P(=O)(Oc1ccccc1)Oc1ccccc1)N1CCCC1)c1ccccc1. The summed E-state index contributed by atoms with van der Waals surface area (Å²) in [5.74, 6) is 1.50. The van der Waals surface area contributed by atoms with Gasteiger partial charge < -0.3 is 13.9 Å². The Labute approximate surface area is 196 Å². The number of benzene rings is 3. The summed E-state index contributed by atoms with van der Waals surface area (Å²) in [6, 6.07) is 28.2. The van der Waals surface area contributed by atoms with Crippen molar-refractivity contribution >= 4 is 13.6 Å². The van der Waals surface area contributed by atoms with Gasteiger partial charge in [0, 0.05) is 19.0 Å². The van der Waals surface area contributed by atoms with Gasteiger partial charge in [-0.3, -0.25) is 0 Å². The summed E-state index contributed by atoms with van der Waals surface area (Å²) in [7, 11) is -3.96. The summed E-state index contributed by atoms with van der Waals surface area (Å²) >= 11 is 0. The van der Waals surface area contributed by atoms with Gasteiger partial charge >= 0.3 is 7.75 Å². The first-order valence-corrected chi connectivity index (χ1v) is 12.8. The van der Waals surface area contributed by atoms with Gasteiger partial charge in [0.2, 0.25) is 0 Å². The highest BCUT2D eigenvalue weighted by Gasteiger charge is 2.34. The third-order valence-electron chi connectivity index (χ3n) is 5.50. The molecule has 1 aliphatic rings. The molecule has 6 heteroatoms. The van der Waals surface area contributed by atoms with E-state index in [0.717, 1.165) is 31.5 Å². The third-order valence-corrected chi connectivity index (χ3v) is 6.83. The molecule has 3 aromatic rings. The number of para-hydroxylation sites is 2. The Morgan fingerprint density at radius 1 is 0.879 bits per heavy atom. The van der Waals surface area contributed by atoms with E-state index in [2.05, 4.69) is 23.6 Å². The second-order valence-electron chi connectivity index (χ2n) is 7.92. The van der Waals surface area contributed by atoms with E-state index in [1.54, 1.807) is 24.3 Å². The molecule has 5 nitrogen and oxygen atoms in total. The minimum atomic E-state index is -3.96. The standard InChI is InChI=1S/C27H29N2O3P/c1-2-14-26(23-15-6-3-7-16-23)27(29-21-12-13-22-29)28-33(30,31-24-17-8-4-9-18-24)32-25-19-10-5-11-20-25/h2-11,15-20,26H,1,12-14,21-22H2/b28-27+. The zero-order valence-corrected chi connectivity index (χ0v) is 19.5. The fraction of sp³-hybridized carbons (Fsp3) is 0.222. The van der Waals surface area contributed by atoms with E-state index in [1.165, 1.54) is 0 Å². The first-order valence-electron chi connectivity index (χ1n) is 11.3. The average molecular weight is 461 g/mol. The summed E-state index contributed by atoms with van der Waals surface area (Å²) in [5, 5.41) is 0. The Morgan fingerprint density at radius 3 is 1.85 bits per heavy atom. The zero-order chi connectivity index (χ0) is 22.9. The monoisotopic (exact) mass is 460 g/mol. The van der Waals surface area contributed by atoms with Crippen LogP contribution in [0, 0.1) is 0 Å². The van der Waals surface area contributed by atoms with Crippen LogP contribution in [-0.2, 0) is 4.57 Å². The van der Waals surface area contributed by atoms with Crippen molar-refractivity contribution in [1.29, 1.82) is 0 Å². The van der Waals surface area contributed by atoms with Crippen molar-refractivity contribution in [1.82, 2.24) is 4.90 Å². The molecule has 0 aliphatic carbocycles. The summed E-state index contributed by atoms with van der Waals surface area (Å²) < 4.78 is 30.9. The van der Waals surface area contributed by atoms with Crippen LogP contribution in [0.4, 0.5) is 0 Å². The van der Waals surface area contributed by atoms with Crippen LogP contribution in [0.25, 0.3) is 0 Å². The van der Waals surface area contributed by atoms with Crippen LogP contribution in [0.15, 0.2) is 108 Å². The van der Waals surface area contributed by atoms with Gasteiger partial charge in [0.15, 0.2) is 0 Å². The molecule has 0 radical (unpaired) electrons. The van der Waals surface area contributed by atoms with Gasteiger partial charge in [-0.05, 0) is 49.1 Å². The van der Waals surface area contributed by atoms with Crippen LogP contribution in [-0.4, -0.2) is 23.8 Å². The molecule has 1 unspecified atom stereocenters. The maximum atomic E-state index is 14.2. The van der Waals surface area contributed by atoms with Crippen molar-refractivity contribution in [3.8, 4) is 11.5 Å². The molecule has 0 saturated carbocycles. The van der Waals surface area contributed by atoms with Gasteiger partial charge in [-0.1, -0.05) is 72.8 Å². The van der Waals surface area contributed by atoms with E-state index >= 15 is 0 Å². The molecule has 0 N–H and O–H groups in total. The maximum absolute atomic E-state index is 14.2. The maximum Gasteiger partial charge on any atom is 0.565 e. The second-order valence-corrected chi connectivity index (χ2v) is 9.42. The lowest BCUT2D eigenvalue weighted by Crippen LogP contribution is -2.33. The third kappa shape index (κ3) is 6.15. The molecule has 1 saturated heterocycles. The van der Waals surface area contributed by atoms with Crippen LogP contribution < -0.4 is 9.05 Å².